The van der Waals surface area contributed by atoms with Gasteiger partial charge >= 0.3 is 17.9 Å². The molecule has 43 heavy (non-hydrogen) atoms. The van der Waals surface area contributed by atoms with E-state index >= 15 is 0 Å². The fourth-order valence-corrected chi connectivity index (χ4v) is 5.52. The minimum Gasteiger partial charge on any atom is -0.493 e. The zero-order valence-corrected chi connectivity index (χ0v) is 23.7. The summed E-state index contributed by atoms with van der Waals surface area (Å²) in [4.78, 5) is 37.2. The number of cyclic esters (lactones) is 1. The number of aliphatic hydroxyl groups excluding tert-OH is 1. The van der Waals surface area contributed by atoms with Gasteiger partial charge in [0.05, 0.1) is 26.4 Å². The van der Waals surface area contributed by atoms with Crippen LogP contribution in [0.5, 0.6) is 28.7 Å². The third-order valence-corrected chi connectivity index (χ3v) is 7.32. The van der Waals surface area contributed by atoms with Crippen molar-refractivity contribution < 1.29 is 62.1 Å². The number of rotatable bonds is 7. The minimum absolute atomic E-state index is 0.0748. The lowest BCUT2D eigenvalue weighted by Crippen LogP contribution is -2.58. The number of hydrogen-bond acceptors (Lipinski definition) is 13. The summed E-state index contributed by atoms with van der Waals surface area (Å²) in [6.45, 7) is 1.99. The minimum atomic E-state index is -1.34. The number of esters is 3. The van der Waals surface area contributed by atoms with Crippen LogP contribution >= 0.6 is 0 Å². The van der Waals surface area contributed by atoms with E-state index in [1.165, 1.54) is 28.1 Å². The van der Waals surface area contributed by atoms with Gasteiger partial charge in [0.25, 0.3) is 0 Å². The van der Waals surface area contributed by atoms with Gasteiger partial charge in [-0.1, -0.05) is 6.07 Å². The van der Waals surface area contributed by atoms with Crippen LogP contribution in [0, 0.1) is 0 Å². The van der Waals surface area contributed by atoms with E-state index in [0.29, 0.717) is 50.5 Å². The Morgan fingerprint density at radius 1 is 0.860 bits per heavy atom. The van der Waals surface area contributed by atoms with Crippen molar-refractivity contribution >= 4 is 28.7 Å². The highest BCUT2D eigenvalue weighted by Gasteiger charge is 2.47. The van der Waals surface area contributed by atoms with Gasteiger partial charge in [-0.05, 0) is 35.2 Å². The molecule has 226 valence electrons. The van der Waals surface area contributed by atoms with Crippen molar-refractivity contribution in [3.05, 3.63) is 41.5 Å². The van der Waals surface area contributed by atoms with E-state index in [-0.39, 0.29) is 31.3 Å². The average molecular weight is 597 g/mol. The predicted octanol–water partition coefficient (Wildman–Crippen LogP) is 2.88. The Hall–Kier alpha value is -4.75. The lowest BCUT2D eigenvalue weighted by atomic mass is 9.89. The van der Waals surface area contributed by atoms with Crippen molar-refractivity contribution in [3.8, 4) is 39.9 Å². The van der Waals surface area contributed by atoms with E-state index in [4.69, 9.17) is 42.6 Å². The monoisotopic (exact) mass is 596 g/mol. The van der Waals surface area contributed by atoms with E-state index < -0.39 is 42.5 Å². The van der Waals surface area contributed by atoms with Crippen molar-refractivity contribution in [1.29, 1.82) is 0 Å². The molecule has 13 heteroatoms. The fourth-order valence-electron chi connectivity index (χ4n) is 5.52. The Balaban J connectivity index is 1.57. The molecule has 0 aromatic heterocycles. The van der Waals surface area contributed by atoms with Crippen LogP contribution in [0.3, 0.4) is 0 Å². The number of aliphatic hydroxyl groups is 1. The van der Waals surface area contributed by atoms with E-state index in [1.807, 2.05) is 0 Å². The van der Waals surface area contributed by atoms with E-state index in [9.17, 15) is 19.5 Å². The van der Waals surface area contributed by atoms with Gasteiger partial charge in [-0.3, -0.25) is 9.59 Å². The SMILES string of the molecule is COc1cc2c(OC3OC[C@@H](O)[C@H](OC(C)=O)[C@H]3OC(C)=O)c3c(c(-c4ccc5c(c4)OCO5)c2cc1OC)C(=O)OC3. The highest BCUT2D eigenvalue weighted by Crippen LogP contribution is 2.49. The highest BCUT2D eigenvalue weighted by atomic mass is 16.7. The number of benzene rings is 3. The number of fused-ring (bicyclic) bond motifs is 3. The van der Waals surface area contributed by atoms with Gasteiger partial charge < -0.3 is 47.7 Å². The van der Waals surface area contributed by atoms with Crippen LogP contribution in [0.15, 0.2) is 30.3 Å². The van der Waals surface area contributed by atoms with Gasteiger partial charge in [0.15, 0.2) is 29.1 Å². The summed E-state index contributed by atoms with van der Waals surface area (Å²) in [6.07, 6.45) is -5.26. The Kier molecular flexibility index (Phi) is 7.36. The van der Waals surface area contributed by atoms with Crippen molar-refractivity contribution in [1.82, 2.24) is 0 Å². The molecule has 0 saturated carbocycles. The molecule has 1 unspecified atom stereocenters. The zero-order chi connectivity index (χ0) is 30.4. The summed E-state index contributed by atoms with van der Waals surface area (Å²) < 4.78 is 50.6. The first kappa shape index (κ1) is 28.4. The van der Waals surface area contributed by atoms with Gasteiger partial charge in [-0.2, -0.15) is 0 Å². The van der Waals surface area contributed by atoms with E-state index in [2.05, 4.69) is 0 Å². The molecule has 3 aliphatic heterocycles. The van der Waals surface area contributed by atoms with Crippen LogP contribution < -0.4 is 23.7 Å². The molecular weight excluding hydrogens is 568 g/mol. The first-order valence-electron chi connectivity index (χ1n) is 13.3. The normalized spacial score (nSPS) is 22.0. The van der Waals surface area contributed by atoms with E-state index in [0.717, 1.165) is 0 Å². The first-order chi connectivity index (χ1) is 20.7. The van der Waals surface area contributed by atoms with Crippen LogP contribution in [0.2, 0.25) is 0 Å². The fraction of sp³-hybridized carbons (Fsp3) is 0.367. The lowest BCUT2D eigenvalue weighted by Gasteiger charge is -2.39. The Morgan fingerprint density at radius 3 is 2.23 bits per heavy atom. The standard InChI is InChI=1S/C30H28O13/c1-13(31)41-27-19(33)11-38-30(28(27)42-14(2)32)43-26-17-9-22(36-4)21(35-3)8-16(17)24(25-18(26)10-37-29(25)34)15-5-6-20-23(7-15)40-12-39-20/h5-9,19,27-28,30,33H,10-12H2,1-4H3/t19-,27+,28-,30?/m1/s1. The second-order valence-electron chi connectivity index (χ2n) is 9.99. The Bertz CT molecular complexity index is 1630. The smallest absolute Gasteiger partial charge is 0.339 e. The molecule has 0 radical (unpaired) electrons. The third kappa shape index (κ3) is 5.00. The molecule has 0 spiro atoms. The predicted molar refractivity (Wildman–Crippen MR) is 145 cm³/mol. The lowest BCUT2D eigenvalue weighted by molar-refractivity contribution is -0.255. The topological polar surface area (TPSA) is 155 Å². The Morgan fingerprint density at radius 2 is 1.53 bits per heavy atom. The maximum absolute atomic E-state index is 13.3. The van der Waals surface area contributed by atoms with Crippen molar-refractivity contribution in [2.45, 2.75) is 45.1 Å². The summed E-state index contributed by atoms with van der Waals surface area (Å²) in [5, 5.41) is 11.6. The quantitative estimate of drug-likeness (QED) is 0.314. The summed E-state index contributed by atoms with van der Waals surface area (Å²) in [5.74, 6) is 0.0297. The van der Waals surface area contributed by atoms with Gasteiger partial charge in [0.1, 0.15) is 18.5 Å². The molecule has 6 rings (SSSR count). The number of ether oxygens (including phenoxy) is 9. The maximum Gasteiger partial charge on any atom is 0.339 e. The summed E-state index contributed by atoms with van der Waals surface area (Å²) >= 11 is 0. The van der Waals surface area contributed by atoms with Gasteiger partial charge in [0.2, 0.25) is 19.2 Å². The molecule has 1 N–H and O–H groups in total. The molecule has 0 amide bonds. The molecule has 3 aliphatic rings. The van der Waals surface area contributed by atoms with E-state index in [1.54, 1.807) is 30.3 Å². The van der Waals surface area contributed by atoms with Crippen LogP contribution in [0.4, 0.5) is 0 Å². The molecule has 13 nitrogen and oxygen atoms in total. The van der Waals surface area contributed by atoms with Crippen LogP contribution in [-0.4, -0.2) is 75.2 Å². The molecule has 3 heterocycles. The van der Waals surface area contributed by atoms with Gasteiger partial charge in [-0.25, -0.2) is 4.79 Å². The van der Waals surface area contributed by atoms with Crippen molar-refractivity contribution in [2.75, 3.05) is 27.6 Å². The number of carbonyl (C=O) groups is 3. The second-order valence-corrected chi connectivity index (χ2v) is 9.99. The molecule has 1 saturated heterocycles. The van der Waals surface area contributed by atoms with Crippen molar-refractivity contribution in [2.24, 2.45) is 0 Å². The average Bonchev–Trinajstić information content (AvgIpc) is 3.61. The van der Waals surface area contributed by atoms with Crippen molar-refractivity contribution in [3.63, 3.8) is 0 Å². The first-order valence-corrected chi connectivity index (χ1v) is 13.3. The van der Waals surface area contributed by atoms with Gasteiger partial charge in [0, 0.05) is 30.4 Å². The largest absolute Gasteiger partial charge is 0.493 e. The number of hydrogen-bond donors (Lipinski definition) is 1. The number of carbonyl (C=O) groups excluding carboxylic acids is 3. The van der Waals surface area contributed by atoms with Crippen LogP contribution in [0.25, 0.3) is 21.9 Å². The zero-order valence-electron chi connectivity index (χ0n) is 23.7. The van der Waals surface area contributed by atoms with Crippen LogP contribution in [0.1, 0.15) is 29.8 Å². The Labute approximate surface area is 245 Å². The molecular formula is C30H28O13. The molecule has 0 aliphatic carbocycles. The summed E-state index contributed by atoms with van der Waals surface area (Å²) in [7, 11) is 2.97. The molecule has 1 fully saturated rings. The maximum atomic E-state index is 13.3. The molecule has 3 aromatic carbocycles. The third-order valence-electron chi connectivity index (χ3n) is 7.32. The summed E-state index contributed by atoms with van der Waals surface area (Å²) in [6, 6.07) is 8.72. The molecule has 4 atom stereocenters. The number of methoxy groups -OCH3 is 2. The van der Waals surface area contributed by atoms with Crippen LogP contribution in [-0.2, 0) is 35.1 Å². The summed E-state index contributed by atoms with van der Waals surface area (Å²) in [5.41, 5.74) is 1.82. The molecule has 0 bridgehead atoms. The molecule has 3 aromatic rings. The highest BCUT2D eigenvalue weighted by molar-refractivity contribution is 6.14. The second kappa shape index (κ2) is 11.2. The van der Waals surface area contributed by atoms with Gasteiger partial charge in [-0.15, -0.1) is 0 Å².